The van der Waals surface area contributed by atoms with Crippen LogP contribution in [0.2, 0.25) is 0 Å². The minimum absolute atomic E-state index is 0.222. The molecule has 2 atom stereocenters. The number of hydrogen-bond donors (Lipinski definition) is 1. The Labute approximate surface area is 138 Å². The molecule has 3 rings (SSSR count). The van der Waals surface area contributed by atoms with Gasteiger partial charge < -0.3 is 14.6 Å². The summed E-state index contributed by atoms with van der Waals surface area (Å²) in [5.41, 5.74) is 1.23. The van der Waals surface area contributed by atoms with Crippen molar-refractivity contribution in [2.24, 2.45) is 7.05 Å². The van der Waals surface area contributed by atoms with Crippen molar-refractivity contribution < 1.29 is 4.74 Å². The summed E-state index contributed by atoms with van der Waals surface area (Å²) < 4.78 is 8.30. The van der Waals surface area contributed by atoms with E-state index in [2.05, 4.69) is 40.6 Å². The number of nitrogens with zero attached hydrogens (tertiary/aromatic N) is 3. The van der Waals surface area contributed by atoms with Crippen LogP contribution in [0.1, 0.15) is 42.9 Å². The largest absolute Gasteiger partial charge is 0.489 e. The lowest BCUT2D eigenvalue weighted by atomic mass is 9.92. The van der Waals surface area contributed by atoms with Crippen molar-refractivity contribution in [3.63, 3.8) is 0 Å². The predicted molar refractivity (Wildman–Crippen MR) is 90.4 cm³/mol. The van der Waals surface area contributed by atoms with Crippen LogP contribution in [0.4, 0.5) is 0 Å². The van der Waals surface area contributed by atoms with Gasteiger partial charge in [-0.2, -0.15) is 0 Å². The molecule has 0 aliphatic heterocycles. The van der Waals surface area contributed by atoms with Gasteiger partial charge in [0.2, 0.25) is 0 Å². The molecule has 2 aromatic rings. The van der Waals surface area contributed by atoms with E-state index in [0.29, 0.717) is 6.04 Å². The number of aromatic nitrogens is 3. The minimum Gasteiger partial charge on any atom is -0.489 e. The highest BCUT2D eigenvalue weighted by Gasteiger charge is 2.26. The molecular formula is C18H26N4O. The average molecular weight is 314 g/mol. The minimum atomic E-state index is 0.222. The van der Waals surface area contributed by atoms with E-state index in [1.165, 1.54) is 18.4 Å². The van der Waals surface area contributed by atoms with Crippen molar-refractivity contribution in [1.82, 2.24) is 20.1 Å². The molecule has 1 saturated carbocycles. The molecule has 0 radical (unpaired) electrons. The van der Waals surface area contributed by atoms with E-state index < -0.39 is 0 Å². The lowest BCUT2D eigenvalue weighted by Crippen LogP contribution is -2.45. The molecular weight excluding hydrogens is 288 g/mol. The molecule has 0 saturated heterocycles. The Bertz CT molecular complexity index is 652. The molecule has 1 aromatic carbocycles. The SMILES string of the molecule is Cc1cccc(O[C@H]2CCCC[C@H]2NCc2nnc(C)n2C)c1. The summed E-state index contributed by atoms with van der Waals surface area (Å²) in [7, 11) is 2.01. The van der Waals surface area contributed by atoms with Gasteiger partial charge in [-0.1, -0.05) is 18.6 Å². The van der Waals surface area contributed by atoms with Crippen molar-refractivity contribution in [2.75, 3.05) is 0 Å². The van der Waals surface area contributed by atoms with Gasteiger partial charge in [-0.05, 0) is 50.8 Å². The first-order chi connectivity index (χ1) is 11.1. The fraction of sp³-hybridized carbons (Fsp3) is 0.556. The van der Waals surface area contributed by atoms with Crippen LogP contribution in [0.3, 0.4) is 0 Å². The molecule has 0 unspecified atom stereocenters. The third-order valence-electron chi connectivity index (χ3n) is 4.68. The van der Waals surface area contributed by atoms with Gasteiger partial charge in [0, 0.05) is 13.1 Å². The van der Waals surface area contributed by atoms with Crippen LogP contribution >= 0.6 is 0 Å². The molecule has 0 bridgehead atoms. The first-order valence-corrected chi connectivity index (χ1v) is 8.45. The number of aryl methyl sites for hydroxylation is 2. The zero-order valence-corrected chi connectivity index (χ0v) is 14.2. The molecule has 0 spiro atoms. The zero-order valence-electron chi connectivity index (χ0n) is 14.2. The van der Waals surface area contributed by atoms with E-state index >= 15 is 0 Å². The maximum absolute atomic E-state index is 6.27. The zero-order chi connectivity index (χ0) is 16.2. The summed E-state index contributed by atoms with van der Waals surface area (Å²) in [4.78, 5) is 0. The van der Waals surface area contributed by atoms with Gasteiger partial charge in [-0.3, -0.25) is 0 Å². The van der Waals surface area contributed by atoms with Crippen molar-refractivity contribution in [2.45, 2.75) is 58.2 Å². The van der Waals surface area contributed by atoms with Gasteiger partial charge in [0.05, 0.1) is 6.54 Å². The van der Waals surface area contributed by atoms with Crippen molar-refractivity contribution in [3.8, 4) is 5.75 Å². The predicted octanol–water partition coefficient (Wildman–Crippen LogP) is 2.91. The van der Waals surface area contributed by atoms with E-state index in [0.717, 1.165) is 36.8 Å². The maximum atomic E-state index is 6.27. The summed E-state index contributed by atoms with van der Waals surface area (Å²) in [6, 6.07) is 8.67. The normalized spacial score (nSPS) is 21.3. The Balaban J connectivity index is 1.63. The number of rotatable bonds is 5. The Morgan fingerprint density at radius 2 is 2.04 bits per heavy atom. The Morgan fingerprint density at radius 1 is 1.22 bits per heavy atom. The molecule has 23 heavy (non-hydrogen) atoms. The van der Waals surface area contributed by atoms with Crippen LogP contribution in [0, 0.1) is 13.8 Å². The topological polar surface area (TPSA) is 52.0 Å². The smallest absolute Gasteiger partial charge is 0.146 e. The monoisotopic (exact) mass is 314 g/mol. The lowest BCUT2D eigenvalue weighted by molar-refractivity contribution is 0.112. The Morgan fingerprint density at radius 3 is 2.78 bits per heavy atom. The second-order valence-electron chi connectivity index (χ2n) is 6.47. The first-order valence-electron chi connectivity index (χ1n) is 8.45. The average Bonchev–Trinajstić information content (AvgIpc) is 2.86. The molecule has 124 valence electrons. The molecule has 1 heterocycles. The van der Waals surface area contributed by atoms with Crippen LogP contribution in [-0.4, -0.2) is 26.9 Å². The molecule has 1 aliphatic carbocycles. The number of benzene rings is 1. The standard InChI is InChI=1S/C18H26N4O/c1-13-7-6-8-15(11-13)23-17-10-5-4-9-16(17)19-12-18-21-20-14(2)22(18)3/h6-8,11,16-17,19H,4-5,9-10,12H2,1-3H3/t16-,17+/m1/s1. The van der Waals surface area contributed by atoms with Crippen LogP contribution in [-0.2, 0) is 13.6 Å². The van der Waals surface area contributed by atoms with Crippen LogP contribution in [0.25, 0.3) is 0 Å². The quantitative estimate of drug-likeness (QED) is 0.922. The van der Waals surface area contributed by atoms with Gasteiger partial charge in [0.1, 0.15) is 23.5 Å². The first kappa shape index (κ1) is 16.0. The van der Waals surface area contributed by atoms with E-state index in [1.807, 2.05) is 24.6 Å². The molecule has 0 amide bonds. The maximum Gasteiger partial charge on any atom is 0.146 e. The molecule has 1 aromatic heterocycles. The summed E-state index contributed by atoms with van der Waals surface area (Å²) in [5.74, 6) is 2.89. The van der Waals surface area contributed by atoms with Crippen LogP contribution < -0.4 is 10.1 Å². The van der Waals surface area contributed by atoms with Gasteiger partial charge in [-0.15, -0.1) is 10.2 Å². The number of hydrogen-bond acceptors (Lipinski definition) is 4. The summed E-state index contributed by atoms with van der Waals surface area (Å²) >= 11 is 0. The summed E-state index contributed by atoms with van der Waals surface area (Å²) in [5, 5.41) is 12.0. The van der Waals surface area contributed by atoms with Crippen molar-refractivity contribution >= 4 is 0 Å². The van der Waals surface area contributed by atoms with Gasteiger partial charge >= 0.3 is 0 Å². The fourth-order valence-electron chi connectivity index (χ4n) is 3.16. The molecule has 1 N–H and O–H groups in total. The summed E-state index contributed by atoms with van der Waals surface area (Å²) in [6.45, 7) is 4.80. The fourth-order valence-corrected chi connectivity index (χ4v) is 3.16. The van der Waals surface area contributed by atoms with E-state index in [1.54, 1.807) is 0 Å². The third kappa shape index (κ3) is 3.91. The molecule has 1 fully saturated rings. The second kappa shape index (κ2) is 7.13. The second-order valence-corrected chi connectivity index (χ2v) is 6.47. The van der Waals surface area contributed by atoms with E-state index in [9.17, 15) is 0 Å². The van der Waals surface area contributed by atoms with Crippen LogP contribution in [0.15, 0.2) is 24.3 Å². The van der Waals surface area contributed by atoms with Gasteiger partial charge in [0.15, 0.2) is 0 Å². The number of ether oxygens (including phenoxy) is 1. The van der Waals surface area contributed by atoms with Crippen molar-refractivity contribution in [3.05, 3.63) is 41.5 Å². The Hall–Kier alpha value is -1.88. The van der Waals surface area contributed by atoms with Crippen molar-refractivity contribution in [1.29, 1.82) is 0 Å². The molecule has 5 heteroatoms. The highest BCUT2D eigenvalue weighted by Crippen LogP contribution is 2.24. The Kier molecular flexibility index (Phi) is 4.96. The molecule has 5 nitrogen and oxygen atoms in total. The van der Waals surface area contributed by atoms with Gasteiger partial charge in [0.25, 0.3) is 0 Å². The van der Waals surface area contributed by atoms with Gasteiger partial charge in [-0.25, -0.2) is 0 Å². The van der Waals surface area contributed by atoms with E-state index in [4.69, 9.17) is 4.74 Å². The third-order valence-corrected chi connectivity index (χ3v) is 4.68. The highest BCUT2D eigenvalue weighted by molar-refractivity contribution is 5.27. The highest BCUT2D eigenvalue weighted by atomic mass is 16.5. The molecule has 1 aliphatic rings. The summed E-state index contributed by atoms with van der Waals surface area (Å²) in [6.07, 6.45) is 4.96. The van der Waals surface area contributed by atoms with Crippen LogP contribution in [0.5, 0.6) is 5.75 Å². The number of nitrogens with one attached hydrogen (secondary N) is 1. The lowest BCUT2D eigenvalue weighted by Gasteiger charge is -2.32. The van der Waals surface area contributed by atoms with E-state index in [-0.39, 0.29) is 6.10 Å².